The van der Waals surface area contributed by atoms with Crippen LogP contribution in [0.25, 0.3) is 0 Å². The average Bonchev–Trinajstić information content (AvgIpc) is 2.39. The fraction of sp³-hybridized carbons (Fsp3) is 0.643. The van der Waals surface area contributed by atoms with Crippen molar-refractivity contribution in [1.29, 1.82) is 0 Å². The molecule has 0 heterocycles. The molecule has 0 saturated heterocycles. The lowest BCUT2D eigenvalue weighted by molar-refractivity contribution is -0.137. The van der Waals surface area contributed by atoms with Gasteiger partial charge < -0.3 is 15.7 Å². The molecule has 0 spiro atoms. The molecule has 7 nitrogen and oxygen atoms in total. The van der Waals surface area contributed by atoms with Crippen LogP contribution in [0.1, 0.15) is 33.1 Å². The minimum Gasteiger partial charge on any atom is -0.481 e. The van der Waals surface area contributed by atoms with Crippen LogP contribution in [0.4, 0.5) is 4.79 Å². The molecule has 0 aliphatic heterocycles. The van der Waals surface area contributed by atoms with Crippen LogP contribution < -0.4 is 16.0 Å². The number of carbonyl (C=O) groups excluding carboxylic acids is 2. The molecule has 120 valence electrons. The van der Waals surface area contributed by atoms with Gasteiger partial charge in [-0.25, -0.2) is 4.79 Å². The van der Waals surface area contributed by atoms with Crippen LogP contribution in [0, 0.1) is 5.41 Å². The van der Waals surface area contributed by atoms with Gasteiger partial charge in [0.2, 0.25) is 5.91 Å². The predicted octanol–water partition coefficient (Wildman–Crippen LogP) is 0.869. The molecule has 7 heteroatoms. The number of carbonyl (C=O) groups is 3. The molecular formula is C14H25N3O4. The van der Waals surface area contributed by atoms with Crippen molar-refractivity contribution in [2.75, 3.05) is 19.6 Å². The van der Waals surface area contributed by atoms with Gasteiger partial charge in [-0.2, -0.15) is 0 Å². The van der Waals surface area contributed by atoms with Gasteiger partial charge in [-0.15, -0.1) is 6.58 Å². The molecule has 0 saturated carbocycles. The number of imide groups is 1. The summed E-state index contributed by atoms with van der Waals surface area (Å²) in [6, 6.07) is -0.552. The highest BCUT2D eigenvalue weighted by Gasteiger charge is 2.18. The number of carboxylic acid groups (broad SMARTS) is 1. The third kappa shape index (κ3) is 11.6. The van der Waals surface area contributed by atoms with Crippen LogP contribution in [0.5, 0.6) is 0 Å². The lowest BCUT2D eigenvalue weighted by Gasteiger charge is -2.23. The maximum absolute atomic E-state index is 11.4. The molecule has 3 amide bonds. The van der Waals surface area contributed by atoms with Crippen molar-refractivity contribution in [1.82, 2.24) is 16.0 Å². The Morgan fingerprint density at radius 3 is 2.48 bits per heavy atom. The Labute approximate surface area is 125 Å². The second-order valence-corrected chi connectivity index (χ2v) is 5.53. The minimum absolute atomic E-state index is 0.0382. The summed E-state index contributed by atoms with van der Waals surface area (Å²) in [6.45, 7) is 8.33. The number of amides is 3. The fourth-order valence-electron chi connectivity index (χ4n) is 1.58. The number of aliphatic carboxylic acids is 1. The number of nitrogens with one attached hydrogen (secondary N) is 3. The van der Waals surface area contributed by atoms with E-state index in [0.29, 0.717) is 19.5 Å². The summed E-state index contributed by atoms with van der Waals surface area (Å²) < 4.78 is 0. The van der Waals surface area contributed by atoms with Gasteiger partial charge in [0, 0.05) is 13.0 Å². The van der Waals surface area contributed by atoms with E-state index in [4.69, 9.17) is 5.11 Å². The zero-order valence-corrected chi connectivity index (χ0v) is 12.7. The first kappa shape index (κ1) is 19.1. The highest BCUT2D eigenvalue weighted by Crippen LogP contribution is 2.25. The Hall–Kier alpha value is -1.89. The molecular weight excluding hydrogens is 274 g/mol. The van der Waals surface area contributed by atoms with Gasteiger partial charge in [0.25, 0.3) is 0 Å². The second kappa shape index (κ2) is 9.93. The predicted molar refractivity (Wildman–Crippen MR) is 79.9 cm³/mol. The van der Waals surface area contributed by atoms with Gasteiger partial charge in [-0.3, -0.25) is 14.9 Å². The standard InChI is InChI=1S/C14H25N3O4/c1-4-8-16-13(21)17-11(18)10-15-9-7-14(2,3)6-5-12(19)20/h4,15H,1,5-10H2,2-3H3,(H,19,20)(H2,16,17,18,21). The van der Waals surface area contributed by atoms with E-state index >= 15 is 0 Å². The van der Waals surface area contributed by atoms with E-state index in [1.807, 2.05) is 13.8 Å². The van der Waals surface area contributed by atoms with Gasteiger partial charge in [0.1, 0.15) is 0 Å². The largest absolute Gasteiger partial charge is 0.481 e. The summed E-state index contributed by atoms with van der Waals surface area (Å²) in [5.41, 5.74) is -0.108. The Morgan fingerprint density at radius 2 is 1.90 bits per heavy atom. The molecule has 0 bridgehead atoms. The summed E-state index contributed by atoms with van der Waals surface area (Å²) in [5, 5.41) is 16.2. The Kier molecular flexibility index (Phi) is 9.03. The van der Waals surface area contributed by atoms with Crippen molar-refractivity contribution < 1.29 is 19.5 Å². The third-order valence-corrected chi connectivity index (χ3v) is 2.94. The van der Waals surface area contributed by atoms with E-state index in [2.05, 4.69) is 22.5 Å². The molecule has 0 aliphatic rings. The zero-order chi connectivity index (χ0) is 16.3. The van der Waals surface area contributed by atoms with Crippen LogP contribution in [-0.2, 0) is 9.59 Å². The van der Waals surface area contributed by atoms with Crippen molar-refractivity contribution in [3.63, 3.8) is 0 Å². The first-order valence-electron chi connectivity index (χ1n) is 6.88. The molecule has 0 aromatic rings. The van der Waals surface area contributed by atoms with E-state index < -0.39 is 17.9 Å². The van der Waals surface area contributed by atoms with Crippen LogP contribution >= 0.6 is 0 Å². The highest BCUT2D eigenvalue weighted by atomic mass is 16.4. The molecule has 21 heavy (non-hydrogen) atoms. The highest BCUT2D eigenvalue weighted by molar-refractivity contribution is 5.95. The number of urea groups is 1. The van der Waals surface area contributed by atoms with Gasteiger partial charge in [0.05, 0.1) is 6.54 Å². The monoisotopic (exact) mass is 299 g/mol. The lowest BCUT2D eigenvalue weighted by Crippen LogP contribution is -2.43. The molecule has 0 rings (SSSR count). The summed E-state index contributed by atoms with van der Waals surface area (Å²) in [4.78, 5) is 33.1. The topological polar surface area (TPSA) is 108 Å². The summed E-state index contributed by atoms with van der Waals surface area (Å²) in [5.74, 6) is -1.22. The number of hydrogen-bond donors (Lipinski definition) is 4. The summed E-state index contributed by atoms with van der Waals surface area (Å²) in [7, 11) is 0. The molecule has 0 aromatic carbocycles. The van der Waals surface area contributed by atoms with Crippen LogP contribution in [-0.4, -0.2) is 42.6 Å². The fourth-order valence-corrected chi connectivity index (χ4v) is 1.58. The summed E-state index contributed by atoms with van der Waals surface area (Å²) >= 11 is 0. The SMILES string of the molecule is C=CCNC(=O)NC(=O)CNCCC(C)(C)CCC(=O)O. The normalized spacial score (nSPS) is 10.8. The van der Waals surface area contributed by atoms with E-state index in [1.54, 1.807) is 0 Å². The first-order valence-corrected chi connectivity index (χ1v) is 6.88. The molecule has 0 aliphatic carbocycles. The number of carboxylic acids is 1. The van der Waals surface area contributed by atoms with Crippen LogP contribution in [0.2, 0.25) is 0 Å². The third-order valence-electron chi connectivity index (χ3n) is 2.94. The van der Waals surface area contributed by atoms with Crippen molar-refractivity contribution in [3.05, 3.63) is 12.7 Å². The first-order chi connectivity index (χ1) is 9.76. The van der Waals surface area contributed by atoms with Gasteiger partial charge in [-0.05, 0) is 24.8 Å². The van der Waals surface area contributed by atoms with Crippen LogP contribution in [0.3, 0.4) is 0 Å². The number of hydrogen-bond acceptors (Lipinski definition) is 4. The van der Waals surface area contributed by atoms with Gasteiger partial charge >= 0.3 is 12.0 Å². The molecule has 4 N–H and O–H groups in total. The minimum atomic E-state index is -0.805. The lowest BCUT2D eigenvalue weighted by atomic mass is 9.84. The Morgan fingerprint density at radius 1 is 1.24 bits per heavy atom. The zero-order valence-electron chi connectivity index (χ0n) is 12.7. The number of rotatable bonds is 10. The molecule has 0 fully saturated rings. The average molecular weight is 299 g/mol. The van der Waals surface area contributed by atoms with E-state index in [1.165, 1.54) is 6.08 Å². The maximum Gasteiger partial charge on any atom is 0.321 e. The second-order valence-electron chi connectivity index (χ2n) is 5.53. The van der Waals surface area contributed by atoms with Crippen molar-refractivity contribution in [3.8, 4) is 0 Å². The molecule has 0 aromatic heterocycles. The smallest absolute Gasteiger partial charge is 0.321 e. The van der Waals surface area contributed by atoms with Gasteiger partial charge in [0.15, 0.2) is 0 Å². The quantitative estimate of drug-likeness (QED) is 0.354. The van der Waals surface area contributed by atoms with Crippen LogP contribution in [0.15, 0.2) is 12.7 Å². The van der Waals surface area contributed by atoms with Crippen molar-refractivity contribution in [2.24, 2.45) is 5.41 Å². The van der Waals surface area contributed by atoms with E-state index in [-0.39, 0.29) is 18.4 Å². The van der Waals surface area contributed by atoms with E-state index in [9.17, 15) is 14.4 Å². The molecule has 0 radical (unpaired) electrons. The maximum atomic E-state index is 11.4. The Bertz CT molecular complexity index is 380. The molecule has 0 unspecified atom stereocenters. The van der Waals surface area contributed by atoms with Gasteiger partial charge in [-0.1, -0.05) is 19.9 Å². The van der Waals surface area contributed by atoms with Crippen molar-refractivity contribution in [2.45, 2.75) is 33.1 Å². The summed E-state index contributed by atoms with van der Waals surface area (Å²) in [6.07, 6.45) is 2.98. The molecule has 0 atom stereocenters. The van der Waals surface area contributed by atoms with E-state index in [0.717, 1.165) is 6.42 Å². The van der Waals surface area contributed by atoms with Crippen molar-refractivity contribution >= 4 is 17.9 Å². The Balaban J connectivity index is 3.78.